The molecule has 2 N–H and O–H groups in total. The van der Waals surface area contributed by atoms with Gasteiger partial charge < -0.3 is 10.5 Å². The summed E-state index contributed by atoms with van der Waals surface area (Å²) in [7, 11) is 0. The molecule has 0 spiro atoms. The van der Waals surface area contributed by atoms with E-state index in [1.807, 2.05) is 0 Å². The second kappa shape index (κ2) is 5.53. The van der Waals surface area contributed by atoms with Crippen molar-refractivity contribution in [3.63, 3.8) is 0 Å². The Bertz CT molecular complexity index is 84.3. The standard InChI is InChI=1S/C5H10NO3/c6-5(8)2-1-3-9-4-7/h1-4H2,(H2,6,8). The topological polar surface area (TPSA) is 72.2 Å². The fraction of sp³-hybridized carbons (Fsp3) is 0.800. The van der Waals surface area contributed by atoms with Gasteiger partial charge in [-0.15, -0.1) is 0 Å². The van der Waals surface area contributed by atoms with Gasteiger partial charge in [0.05, 0.1) is 6.61 Å². The predicted molar refractivity (Wildman–Crippen MR) is 29.9 cm³/mol. The SMILES string of the molecule is NC(=O)CCCOC[O]. The normalized spacial score (nSPS) is 9.44. The summed E-state index contributed by atoms with van der Waals surface area (Å²) in [6.07, 6.45) is 0.831. The predicted octanol–water partition coefficient (Wildman–Crippen LogP) is -0.344. The van der Waals surface area contributed by atoms with Crippen LogP contribution >= 0.6 is 0 Å². The van der Waals surface area contributed by atoms with Crippen LogP contribution in [-0.4, -0.2) is 19.3 Å². The molecule has 0 saturated heterocycles. The Kier molecular flexibility index (Phi) is 5.15. The Morgan fingerprint density at radius 3 is 2.67 bits per heavy atom. The summed E-state index contributed by atoms with van der Waals surface area (Å²) >= 11 is 0. The van der Waals surface area contributed by atoms with Gasteiger partial charge in [0.15, 0.2) is 6.79 Å². The molecule has 0 fully saturated rings. The molecule has 0 aliphatic rings. The van der Waals surface area contributed by atoms with Crippen molar-refractivity contribution < 1.29 is 14.6 Å². The fourth-order valence-corrected chi connectivity index (χ4v) is 0.407. The molecule has 1 amide bonds. The molecule has 0 heterocycles. The van der Waals surface area contributed by atoms with Crippen molar-refractivity contribution in [1.82, 2.24) is 0 Å². The van der Waals surface area contributed by atoms with E-state index in [1.54, 1.807) is 0 Å². The van der Waals surface area contributed by atoms with Crippen molar-refractivity contribution in [3.8, 4) is 0 Å². The summed E-state index contributed by atoms with van der Waals surface area (Å²) in [5.74, 6) is -0.357. The maximum absolute atomic E-state index is 10.1. The second-order valence-corrected chi connectivity index (χ2v) is 1.60. The molecule has 0 saturated carbocycles. The Hall–Kier alpha value is -0.610. The van der Waals surface area contributed by atoms with Gasteiger partial charge in [0.25, 0.3) is 0 Å². The van der Waals surface area contributed by atoms with Crippen LogP contribution in [0.15, 0.2) is 0 Å². The molecule has 0 atom stereocenters. The van der Waals surface area contributed by atoms with E-state index in [2.05, 4.69) is 4.74 Å². The Morgan fingerprint density at radius 1 is 1.56 bits per heavy atom. The second-order valence-electron chi connectivity index (χ2n) is 1.60. The van der Waals surface area contributed by atoms with Crippen molar-refractivity contribution in [3.05, 3.63) is 0 Å². The molecule has 0 aromatic heterocycles. The van der Waals surface area contributed by atoms with Crippen molar-refractivity contribution in [2.45, 2.75) is 12.8 Å². The number of nitrogens with two attached hydrogens (primary N) is 1. The highest BCUT2D eigenvalue weighted by Crippen LogP contribution is 1.86. The minimum absolute atomic E-state index is 0.292. The molecule has 0 aliphatic carbocycles. The summed E-state index contributed by atoms with van der Waals surface area (Å²) < 4.78 is 4.42. The van der Waals surface area contributed by atoms with Gasteiger partial charge in [0, 0.05) is 6.42 Å². The lowest BCUT2D eigenvalue weighted by Crippen LogP contribution is -2.11. The smallest absolute Gasteiger partial charge is 0.217 e. The van der Waals surface area contributed by atoms with Crippen LogP contribution < -0.4 is 5.73 Å². The summed E-state index contributed by atoms with van der Waals surface area (Å²) in [4.78, 5) is 10.1. The average molecular weight is 132 g/mol. The number of primary amides is 1. The van der Waals surface area contributed by atoms with Crippen LogP contribution in [-0.2, 0) is 14.6 Å². The van der Waals surface area contributed by atoms with Gasteiger partial charge in [-0.25, -0.2) is 5.11 Å². The monoisotopic (exact) mass is 132 g/mol. The highest BCUT2D eigenvalue weighted by Gasteiger charge is 1.92. The Morgan fingerprint density at radius 2 is 2.22 bits per heavy atom. The molecule has 0 aromatic rings. The molecular formula is C5H10NO3. The van der Waals surface area contributed by atoms with E-state index in [4.69, 9.17) is 5.73 Å². The first-order valence-electron chi connectivity index (χ1n) is 2.71. The minimum Gasteiger partial charge on any atom is -0.370 e. The van der Waals surface area contributed by atoms with Crippen LogP contribution in [0.2, 0.25) is 0 Å². The van der Waals surface area contributed by atoms with Gasteiger partial charge in [-0.05, 0) is 6.42 Å². The summed E-state index contributed by atoms with van der Waals surface area (Å²) in [6.45, 7) is -0.217. The Balaban J connectivity index is 2.83. The first kappa shape index (κ1) is 8.39. The zero-order valence-corrected chi connectivity index (χ0v) is 5.13. The van der Waals surface area contributed by atoms with Gasteiger partial charge in [0.2, 0.25) is 5.91 Å². The van der Waals surface area contributed by atoms with Crippen LogP contribution in [0.3, 0.4) is 0 Å². The molecule has 0 unspecified atom stereocenters. The highest BCUT2D eigenvalue weighted by molar-refractivity contribution is 5.73. The van der Waals surface area contributed by atoms with Crippen molar-refractivity contribution in [2.75, 3.05) is 13.4 Å². The molecule has 0 aliphatic heterocycles. The summed E-state index contributed by atoms with van der Waals surface area (Å²) in [6, 6.07) is 0. The highest BCUT2D eigenvalue weighted by atomic mass is 16.6. The number of rotatable bonds is 5. The molecule has 53 valence electrons. The van der Waals surface area contributed by atoms with Crippen LogP contribution in [0.4, 0.5) is 0 Å². The number of carbonyl (C=O) groups is 1. The molecule has 0 aromatic carbocycles. The first-order valence-corrected chi connectivity index (χ1v) is 2.71. The van der Waals surface area contributed by atoms with Crippen LogP contribution in [0.5, 0.6) is 0 Å². The van der Waals surface area contributed by atoms with E-state index in [0.717, 1.165) is 0 Å². The molecule has 4 nitrogen and oxygen atoms in total. The summed E-state index contributed by atoms with van der Waals surface area (Å²) in [5.41, 5.74) is 4.80. The third kappa shape index (κ3) is 7.39. The van der Waals surface area contributed by atoms with Crippen LogP contribution in [0.1, 0.15) is 12.8 Å². The van der Waals surface area contributed by atoms with E-state index in [-0.39, 0.29) is 5.91 Å². The van der Waals surface area contributed by atoms with Gasteiger partial charge in [-0.1, -0.05) is 0 Å². The van der Waals surface area contributed by atoms with E-state index < -0.39 is 6.79 Å². The molecule has 0 rings (SSSR count). The van der Waals surface area contributed by atoms with Crippen molar-refractivity contribution >= 4 is 5.91 Å². The zero-order valence-electron chi connectivity index (χ0n) is 5.13. The van der Waals surface area contributed by atoms with E-state index in [9.17, 15) is 9.90 Å². The van der Waals surface area contributed by atoms with Gasteiger partial charge >= 0.3 is 0 Å². The maximum Gasteiger partial charge on any atom is 0.217 e. The van der Waals surface area contributed by atoms with E-state index >= 15 is 0 Å². The van der Waals surface area contributed by atoms with Crippen LogP contribution in [0, 0.1) is 0 Å². The van der Waals surface area contributed by atoms with Crippen molar-refractivity contribution in [1.29, 1.82) is 0 Å². The largest absolute Gasteiger partial charge is 0.370 e. The summed E-state index contributed by atoms with van der Waals surface area (Å²) in [5, 5.41) is 9.64. The third-order valence-electron chi connectivity index (χ3n) is 0.795. The van der Waals surface area contributed by atoms with Gasteiger partial charge in [-0.2, -0.15) is 0 Å². The third-order valence-corrected chi connectivity index (χ3v) is 0.795. The lowest BCUT2D eigenvalue weighted by molar-refractivity contribution is -0.118. The number of ether oxygens (including phenoxy) is 1. The fourth-order valence-electron chi connectivity index (χ4n) is 0.407. The van der Waals surface area contributed by atoms with Crippen molar-refractivity contribution in [2.24, 2.45) is 5.73 Å². The van der Waals surface area contributed by atoms with Gasteiger partial charge in [0.1, 0.15) is 0 Å². The lowest BCUT2D eigenvalue weighted by atomic mass is 10.3. The number of amides is 1. The lowest BCUT2D eigenvalue weighted by Gasteiger charge is -1.94. The van der Waals surface area contributed by atoms with E-state index in [0.29, 0.717) is 19.4 Å². The van der Waals surface area contributed by atoms with E-state index in [1.165, 1.54) is 0 Å². The molecule has 1 radical (unpaired) electrons. The number of carbonyl (C=O) groups excluding carboxylic acids is 1. The number of hydrogen-bond donors (Lipinski definition) is 1. The Labute approximate surface area is 53.6 Å². The molecule has 9 heavy (non-hydrogen) atoms. The molecule has 4 heteroatoms. The first-order chi connectivity index (χ1) is 4.27. The zero-order chi connectivity index (χ0) is 7.11. The maximum atomic E-state index is 10.1. The number of hydrogen-bond acceptors (Lipinski definition) is 2. The van der Waals surface area contributed by atoms with Crippen LogP contribution in [0.25, 0.3) is 0 Å². The molecule has 0 bridgehead atoms. The molecular weight excluding hydrogens is 122 g/mol. The van der Waals surface area contributed by atoms with Gasteiger partial charge in [-0.3, -0.25) is 4.79 Å². The average Bonchev–Trinajstić information content (AvgIpc) is 1.80. The minimum atomic E-state index is -0.543. The quantitative estimate of drug-likeness (QED) is 0.410.